The number of para-hydroxylation sites is 1. The fourth-order valence-electron chi connectivity index (χ4n) is 1.47. The first kappa shape index (κ1) is 12.8. The number of pyridine rings is 1. The molecule has 0 aliphatic heterocycles. The van der Waals surface area contributed by atoms with Crippen molar-refractivity contribution in [1.82, 2.24) is 4.98 Å². The van der Waals surface area contributed by atoms with Gasteiger partial charge in [0.1, 0.15) is 5.03 Å². The van der Waals surface area contributed by atoms with Gasteiger partial charge < -0.3 is 10.5 Å². The summed E-state index contributed by atoms with van der Waals surface area (Å²) in [5, 5.41) is 0.837. The summed E-state index contributed by atoms with van der Waals surface area (Å²) in [6.45, 7) is 4.00. The van der Waals surface area contributed by atoms with E-state index in [9.17, 15) is 0 Å². The van der Waals surface area contributed by atoms with Crippen LogP contribution in [0.15, 0.2) is 52.5 Å². The lowest BCUT2D eigenvalue weighted by Gasteiger charge is -2.13. The molecule has 0 saturated carbocycles. The van der Waals surface area contributed by atoms with Crippen molar-refractivity contribution >= 4 is 17.4 Å². The molecule has 0 radical (unpaired) electrons. The maximum Gasteiger partial charge on any atom is 0.152 e. The Morgan fingerprint density at radius 2 is 1.94 bits per heavy atom. The molecule has 0 aliphatic carbocycles. The number of hydrogen-bond acceptors (Lipinski definition) is 4. The van der Waals surface area contributed by atoms with E-state index in [0.717, 1.165) is 21.4 Å². The first-order chi connectivity index (χ1) is 8.66. The van der Waals surface area contributed by atoms with Gasteiger partial charge in [0, 0.05) is 16.8 Å². The molecule has 1 aromatic heterocycles. The van der Waals surface area contributed by atoms with Crippen molar-refractivity contribution < 1.29 is 4.74 Å². The molecule has 2 aromatic rings. The monoisotopic (exact) mass is 260 g/mol. The first-order valence-corrected chi connectivity index (χ1v) is 6.62. The second kappa shape index (κ2) is 5.78. The summed E-state index contributed by atoms with van der Waals surface area (Å²) in [5.74, 6) is 0.792. The van der Waals surface area contributed by atoms with Crippen molar-refractivity contribution in [2.45, 2.75) is 29.9 Å². The summed E-state index contributed by atoms with van der Waals surface area (Å²) in [4.78, 5) is 5.34. The second-order valence-corrected chi connectivity index (χ2v) is 5.14. The predicted molar refractivity (Wildman–Crippen MR) is 75.0 cm³/mol. The van der Waals surface area contributed by atoms with Crippen molar-refractivity contribution in [2.24, 2.45) is 0 Å². The van der Waals surface area contributed by atoms with Gasteiger partial charge in [0.15, 0.2) is 5.75 Å². The predicted octanol–water partition coefficient (Wildman–Crippen LogP) is 3.60. The summed E-state index contributed by atoms with van der Waals surface area (Å²) in [5.41, 5.74) is 6.68. The van der Waals surface area contributed by atoms with Crippen LogP contribution in [0, 0.1) is 0 Å². The third kappa shape index (κ3) is 3.17. The van der Waals surface area contributed by atoms with E-state index < -0.39 is 0 Å². The van der Waals surface area contributed by atoms with Gasteiger partial charge in [-0.1, -0.05) is 23.9 Å². The number of aromatic nitrogens is 1. The van der Waals surface area contributed by atoms with Crippen LogP contribution in [0.2, 0.25) is 0 Å². The number of nitrogens with two attached hydrogens (primary N) is 1. The van der Waals surface area contributed by atoms with Gasteiger partial charge in [0.05, 0.1) is 6.10 Å². The Hall–Kier alpha value is -1.68. The Kier molecular flexibility index (Phi) is 4.10. The molecule has 3 nitrogen and oxygen atoms in total. The molecule has 0 unspecified atom stereocenters. The lowest BCUT2D eigenvalue weighted by atomic mass is 10.3. The number of nitrogens with zero attached hydrogens (tertiary/aromatic N) is 1. The van der Waals surface area contributed by atoms with Gasteiger partial charge in [-0.05, 0) is 38.1 Å². The highest BCUT2D eigenvalue weighted by atomic mass is 32.2. The zero-order valence-electron chi connectivity index (χ0n) is 10.5. The molecule has 1 aromatic carbocycles. The standard InChI is InChI=1S/C14H16N2OS/c1-10(2)17-12-7-5-9-16-14(12)18-13-8-4-3-6-11(13)15/h3-10H,15H2,1-2H3. The highest BCUT2D eigenvalue weighted by Crippen LogP contribution is 2.35. The van der Waals surface area contributed by atoms with Crippen LogP contribution in [-0.2, 0) is 0 Å². The molecule has 2 N–H and O–H groups in total. The summed E-state index contributed by atoms with van der Waals surface area (Å²) >= 11 is 1.52. The minimum atomic E-state index is 0.127. The topological polar surface area (TPSA) is 48.1 Å². The lowest BCUT2D eigenvalue weighted by Crippen LogP contribution is -2.06. The molecule has 1 heterocycles. The number of nitrogen functional groups attached to an aromatic ring is 1. The molecule has 0 aliphatic rings. The van der Waals surface area contributed by atoms with E-state index >= 15 is 0 Å². The van der Waals surface area contributed by atoms with E-state index in [1.807, 2.05) is 50.2 Å². The second-order valence-electron chi connectivity index (χ2n) is 4.11. The third-order valence-corrected chi connectivity index (χ3v) is 3.32. The Bertz CT molecular complexity index is 529. The van der Waals surface area contributed by atoms with Gasteiger partial charge in [0.2, 0.25) is 0 Å². The van der Waals surface area contributed by atoms with Crippen LogP contribution in [0.1, 0.15) is 13.8 Å². The summed E-state index contributed by atoms with van der Waals surface area (Å²) in [7, 11) is 0. The highest BCUT2D eigenvalue weighted by Gasteiger charge is 2.09. The molecule has 0 atom stereocenters. The van der Waals surface area contributed by atoms with Crippen LogP contribution in [0.5, 0.6) is 5.75 Å². The Morgan fingerprint density at radius 1 is 1.17 bits per heavy atom. The van der Waals surface area contributed by atoms with E-state index in [1.165, 1.54) is 11.8 Å². The van der Waals surface area contributed by atoms with Gasteiger partial charge in [-0.15, -0.1) is 0 Å². The largest absolute Gasteiger partial charge is 0.488 e. The number of rotatable bonds is 4. The average Bonchev–Trinajstić information content (AvgIpc) is 2.34. The average molecular weight is 260 g/mol. The molecule has 4 heteroatoms. The minimum absolute atomic E-state index is 0.127. The van der Waals surface area contributed by atoms with Crippen LogP contribution < -0.4 is 10.5 Å². The molecular weight excluding hydrogens is 244 g/mol. The molecule has 94 valence electrons. The maximum atomic E-state index is 5.93. The van der Waals surface area contributed by atoms with Gasteiger partial charge in [-0.25, -0.2) is 4.98 Å². The molecule has 0 fully saturated rings. The van der Waals surface area contributed by atoms with E-state index in [1.54, 1.807) is 6.20 Å². The zero-order chi connectivity index (χ0) is 13.0. The third-order valence-electron chi connectivity index (χ3n) is 2.22. The number of ether oxygens (including phenoxy) is 1. The maximum absolute atomic E-state index is 5.93. The summed E-state index contributed by atoms with van der Waals surface area (Å²) in [6, 6.07) is 11.5. The van der Waals surface area contributed by atoms with Crippen LogP contribution in [0.4, 0.5) is 5.69 Å². The fraction of sp³-hybridized carbons (Fsp3) is 0.214. The number of hydrogen-bond donors (Lipinski definition) is 1. The van der Waals surface area contributed by atoms with Crippen molar-refractivity contribution in [3.63, 3.8) is 0 Å². The quantitative estimate of drug-likeness (QED) is 0.853. The van der Waals surface area contributed by atoms with Crippen LogP contribution >= 0.6 is 11.8 Å². The first-order valence-electron chi connectivity index (χ1n) is 5.81. The van der Waals surface area contributed by atoms with E-state index in [0.29, 0.717) is 0 Å². The molecule has 18 heavy (non-hydrogen) atoms. The Balaban J connectivity index is 2.26. The fourth-order valence-corrected chi connectivity index (χ4v) is 2.35. The lowest BCUT2D eigenvalue weighted by molar-refractivity contribution is 0.234. The summed E-state index contributed by atoms with van der Waals surface area (Å²) < 4.78 is 5.73. The van der Waals surface area contributed by atoms with Crippen molar-refractivity contribution in [3.8, 4) is 5.75 Å². The van der Waals surface area contributed by atoms with Gasteiger partial charge in [0.25, 0.3) is 0 Å². The van der Waals surface area contributed by atoms with Gasteiger partial charge in [-0.3, -0.25) is 0 Å². The minimum Gasteiger partial charge on any atom is -0.488 e. The van der Waals surface area contributed by atoms with Crippen molar-refractivity contribution in [3.05, 3.63) is 42.6 Å². The Labute approximate surface area is 111 Å². The zero-order valence-corrected chi connectivity index (χ0v) is 11.3. The number of benzene rings is 1. The van der Waals surface area contributed by atoms with Crippen LogP contribution in [0.25, 0.3) is 0 Å². The van der Waals surface area contributed by atoms with Crippen LogP contribution in [0.3, 0.4) is 0 Å². The van der Waals surface area contributed by atoms with E-state index in [2.05, 4.69) is 4.98 Å². The summed E-state index contributed by atoms with van der Waals surface area (Å²) in [6.07, 6.45) is 1.89. The Morgan fingerprint density at radius 3 is 2.67 bits per heavy atom. The molecule has 0 saturated heterocycles. The van der Waals surface area contributed by atoms with Crippen LogP contribution in [-0.4, -0.2) is 11.1 Å². The molecule has 0 amide bonds. The van der Waals surface area contributed by atoms with Gasteiger partial charge >= 0.3 is 0 Å². The number of anilines is 1. The van der Waals surface area contributed by atoms with Crippen molar-refractivity contribution in [1.29, 1.82) is 0 Å². The van der Waals surface area contributed by atoms with E-state index in [4.69, 9.17) is 10.5 Å². The molecule has 0 spiro atoms. The molecular formula is C14H16N2OS. The highest BCUT2D eigenvalue weighted by molar-refractivity contribution is 7.99. The molecule has 2 rings (SSSR count). The smallest absolute Gasteiger partial charge is 0.152 e. The van der Waals surface area contributed by atoms with Crippen molar-refractivity contribution in [2.75, 3.05) is 5.73 Å². The van der Waals surface area contributed by atoms with E-state index in [-0.39, 0.29) is 6.10 Å². The SMILES string of the molecule is CC(C)Oc1cccnc1Sc1ccccc1N. The van der Waals surface area contributed by atoms with Gasteiger partial charge in [-0.2, -0.15) is 0 Å². The normalized spacial score (nSPS) is 10.6. The molecule has 0 bridgehead atoms.